The van der Waals surface area contributed by atoms with Gasteiger partial charge in [-0.2, -0.15) is 0 Å². The minimum atomic E-state index is -0.660. The Morgan fingerprint density at radius 1 is 1.24 bits per heavy atom. The third kappa shape index (κ3) is 2.73. The minimum Gasteiger partial charge on any atom is -0.494 e. The zero-order valence-electron chi connectivity index (χ0n) is 9.95. The van der Waals surface area contributed by atoms with E-state index in [0.717, 1.165) is 11.3 Å². The molecule has 0 unspecified atom stereocenters. The number of halogens is 1. The van der Waals surface area contributed by atoms with Crippen molar-refractivity contribution in [1.82, 2.24) is 0 Å². The lowest BCUT2D eigenvalue weighted by Gasteiger charge is -2.27. The Kier molecular flexibility index (Phi) is 4.26. The second-order valence-corrected chi connectivity index (χ2v) is 4.22. The van der Waals surface area contributed by atoms with Gasteiger partial charge < -0.3 is 14.2 Å². The van der Waals surface area contributed by atoms with Crippen LogP contribution in [0.1, 0.15) is 18.9 Å². The summed E-state index contributed by atoms with van der Waals surface area (Å²) in [6.45, 7) is 3.86. The molecule has 1 heterocycles. The molecule has 2 rings (SSSR count). The molecule has 1 aromatic rings. The average molecular weight is 257 g/mol. The maximum atomic E-state index is 5.82. The smallest absolute Gasteiger partial charge is 0.196 e. The van der Waals surface area contributed by atoms with Crippen molar-refractivity contribution in [1.29, 1.82) is 0 Å². The number of rotatable bonds is 5. The molecule has 0 saturated carbocycles. The molecule has 1 saturated heterocycles. The lowest BCUT2D eigenvalue weighted by atomic mass is 10.0. The van der Waals surface area contributed by atoms with Gasteiger partial charge in [0.05, 0.1) is 19.8 Å². The Bertz CT molecular complexity index is 344. The van der Waals surface area contributed by atoms with E-state index in [4.69, 9.17) is 25.8 Å². The molecule has 0 amide bonds. The van der Waals surface area contributed by atoms with E-state index < -0.39 is 5.79 Å². The Morgan fingerprint density at radius 3 is 2.41 bits per heavy atom. The Morgan fingerprint density at radius 2 is 1.88 bits per heavy atom. The van der Waals surface area contributed by atoms with Crippen molar-refractivity contribution in [2.45, 2.75) is 19.1 Å². The third-order valence-corrected chi connectivity index (χ3v) is 2.97. The van der Waals surface area contributed by atoms with E-state index in [1.54, 1.807) is 0 Å². The molecule has 4 heteroatoms. The van der Waals surface area contributed by atoms with E-state index in [0.29, 0.717) is 32.1 Å². The summed E-state index contributed by atoms with van der Waals surface area (Å²) in [5.41, 5.74) is 0.999. The summed E-state index contributed by atoms with van der Waals surface area (Å²) in [6.07, 6.45) is 0.655. The van der Waals surface area contributed by atoms with Crippen LogP contribution in [-0.2, 0) is 15.3 Å². The average Bonchev–Trinajstić information content (AvgIpc) is 2.81. The maximum absolute atomic E-state index is 5.82. The van der Waals surface area contributed by atoms with Crippen molar-refractivity contribution in [3.05, 3.63) is 29.8 Å². The highest BCUT2D eigenvalue weighted by molar-refractivity contribution is 6.17. The number of hydrogen-bond acceptors (Lipinski definition) is 3. The SMILES string of the molecule is CCOc1ccc(C2(CCCl)OCCO2)cc1. The number of hydrogen-bond donors (Lipinski definition) is 0. The number of alkyl halides is 1. The van der Waals surface area contributed by atoms with Crippen molar-refractivity contribution in [2.24, 2.45) is 0 Å². The first-order valence-corrected chi connectivity index (χ1v) is 6.41. The van der Waals surface area contributed by atoms with Crippen molar-refractivity contribution in [2.75, 3.05) is 25.7 Å². The quantitative estimate of drug-likeness (QED) is 0.758. The first-order valence-electron chi connectivity index (χ1n) is 5.88. The largest absolute Gasteiger partial charge is 0.494 e. The fourth-order valence-electron chi connectivity index (χ4n) is 2.01. The molecule has 1 aliphatic heterocycles. The molecule has 0 aliphatic carbocycles. The van der Waals surface area contributed by atoms with Crippen molar-refractivity contribution < 1.29 is 14.2 Å². The van der Waals surface area contributed by atoms with E-state index in [2.05, 4.69) is 0 Å². The summed E-state index contributed by atoms with van der Waals surface area (Å²) >= 11 is 5.82. The van der Waals surface area contributed by atoms with Gasteiger partial charge in [0.1, 0.15) is 5.75 Å². The van der Waals surface area contributed by atoms with Gasteiger partial charge in [-0.3, -0.25) is 0 Å². The van der Waals surface area contributed by atoms with E-state index in [-0.39, 0.29) is 0 Å². The van der Waals surface area contributed by atoms with E-state index in [1.165, 1.54) is 0 Å². The van der Waals surface area contributed by atoms with Crippen LogP contribution in [0.5, 0.6) is 5.75 Å². The van der Waals surface area contributed by atoms with Gasteiger partial charge in [0.2, 0.25) is 0 Å². The highest BCUT2D eigenvalue weighted by Gasteiger charge is 2.37. The fourth-order valence-corrected chi connectivity index (χ4v) is 2.26. The summed E-state index contributed by atoms with van der Waals surface area (Å²) in [4.78, 5) is 0. The summed E-state index contributed by atoms with van der Waals surface area (Å²) < 4.78 is 16.8. The van der Waals surface area contributed by atoms with E-state index in [9.17, 15) is 0 Å². The highest BCUT2D eigenvalue weighted by Crippen LogP contribution is 2.35. The number of benzene rings is 1. The minimum absolute atomic E-state index is 0.507. The van der Waals surface area contributed by atoms with Gasteiger partial charge in [-0.1, -0.05) is 0 Å². The Labute approximate surface area is 107 Å². The molecule has 17 heavy (non-hydrogen) atoms. The van der Waals surface area contributed by atoms with Gasteiger partial charge in [-0.25, -0.2) is 0 Å². The van der Waals surface area contributed by atoms with Crippen molar-refractivity contribution in [3.8, 4) is 5.75 Å². The second-order valence-electron chi connectivity index (χ2n) is 3.85. The zero-order valence-corrected chi connectivity index (χ0v) is 10.7. The lowest BCUT2D eigenvalue weighted by molar-refractivity contribution is -0.166. The van der Waals surface area contributed by atoms with Crippen molar-refractivity contribution in [3.63, 3.8) is 0 Å². The molecule has 1 aromatic carbocycles. The predicted octanol–water partition coefficient (Wildman–Crippen LogP) is 2.91. The van der Waals surface area contributed by atoms with Gasteiger partial charge in [0.25, 0.3) is 0 Å². The van der Waals surface area contributed by atoms with E-state index >= 15 is 0 Å². The highest BCUT2D eigenvalue weighted by atomic mass is 35.5. The first kappa shape index (κ1) is 12.7. The molecule has 3 nitrogen and oxygen atoms in total. The Balaban J connectivity index is 2.18. The second kappa shape index (κ2) is 5.71. The summed E-state index contributed by atoms with van der Waals surface area (Å²) in [5.74, 6) is 0.704. The molecule has 1 aliphatic rings. The van der Waals surface area contributed by atoms with Crippen molar-refractivity contribution >= 4 is 11.6 Å². The molecule has 0 spiro atoms. The molecule has 0 aromatic heterocycles. The number of ether oxygens (including phenoxy) is 3. The first-order chi connectivity index (χ1) is 8.30. The van der Waals surface area contributed by atoms with Crippen LogP contribution in [0.15, 0.2) is 24.3 Å². The van der Waals surface area contributed by atoms with Gasteiger partial charge in [-0.05, 0) is 31.2 Å². The van der Waals surface area contributed by atoms with Crippen LogP contribution in [0.4, 0.5) is 0 Å². The monoisotopic (exact) mass is 256 g/mol. The maximum Gasteiger partial charge on any atom is 0.196 e. The predicted molar refractivity (Wildman–Crippen MR) is 66.5 cm³/mol. The zero-order chi connectivity index (χ0) is 12.1. The van der Waals surface area contributed by atoms with Crippen LogP contribution >= 0.6 is 11.6 Å². The molecular formula is C13H17ClO3. The molecule has 1 fully saturated rings. The van der Waals surface area contributed by atoms with Gasteiger partial charge >= 0.3 is 0 Å². The third-order valence-electron chi connectivity index (χ3n) is 2.78. The molecule has 0 bridgehead atoms. The van der Waals surface area contributed by atoms with Gasteiger partial charge in [-0.15, -0.1) is 11.6 Å². The lowest BCUT2D eigenvalue weighted by Crippen LogP contribution is -2.27. The molecular weight excluding hydrogens is 240 g/mol. The van der Waals surface area contributed by atoms with E-state index in [1.807, 2.05) is 31.2 Å². The van der Waals surface area contributed by atoms with Gasteiger partial charge in [0.15, 0.2) is 5.79 Å². The molecule has 0 atom stereocenters. The van der Waals surface area contributed by atoms with Crippen LogP contribution in [0, 0.1) is 0 Å². The van der Waals surface area contributed by atoms with Gasteiger partial charge in [0, 0.05) is 17.9 Å². The Hall–Kier alpha value is -0.770. The molecule has 0 radical (unpaired) electrons. The summed E-state index contributed by atoms with van der Waals surface area (Å²) in [7, 11) is 0. The topological polar surface area (TPSA) is 27.7 Å². The summed E-state index contributed by atoms with van der Waals surface area (Å²) in [5, 5.41) is 0. The van der Waals surface area contributed by atoms with Crippen LogP contribution in [0.3, 0.4) is 0 Å². The van der Waals surface area contributed by atoms with Crippen LogP contribution in [0.25, 0.3) is 0 Å². The van der Waals surface area contributed by atoms with Crippen LogP contribution in [-0.4, -0.2) is 25.7 Å². The van der Waals surface area contributed by atoms with Crippen LogP contribution < -0.4 is 4.74 Å². The van der Waals surface area contributed by atoms with Crippen LogP contribution in [0.2, 0.25) is 0 Å². The fraction of sp³-hybridized carbons (Fsp3) is 0.538. The summed E-state index contributed by atoms with van der Waals surface area (Å²) in [6, 6.07) is 7.81. The molecule has 0 N–H and O–H groups in total. The normalized spacial score (nSPS) is 18.2. The molecule has 94 valence electrons. The standard InChI is InChI=1S/C13H17ClO3/c1-2-15-12-5-3-11(4-6-12)13(7-8-14)16-9-10-17-13/h3-6H,2,7-10H2,1H3.